The van der Waals surface area contributed by atoms with E-state index >= 15 is 0 Å². The maximum Gasteiger partial charge on any atom is 0.307 e. The van der Waals surface area contributed by atoms with Gasteiger partial charge in [-0.1, -0.05) is 6.07 Å². The Bertz CT molecular complexity index is 704. The van der Waals surface area contributed by atoms with Gasteiger partial charge in [-0.2, -0.15) is 0 Å². The highest BCUT2D eigenvalue weighted by Crippen LogP contribution is 2.49. The van der Waals surface area contributed by atoms with Crippen molar-refractivity contribution in [2.75, 3.05) is 0 Å². The normalized spacial score (nSPS) is 24.7. The van der Waals surface area contributed by atoms with Gasteiger partial charge in [0.1, 0.15) is 0 Å². The van der Waals surface area contributed by atoms with Crippen molar-refractivity contribution in [1.29, 1.82) is 0 Å². The molecule has 1 aliphatic heterocycles. The molecule has 4 heteroatoms. The molecule has 0 amide bonds. The maximum atomic E-state index is 11.0. The molecule has 2 aliphatic rings. The van der Waals surface area contributed by atoms with E-state index in [0.29, 0.717) is 0 Å². The van der Waals surface area contributed by atoms with Gasteiger partial charge in [0, 0.05) is 22.6 Å². The Morgan fingerprint density at radius 2 is 2.26 bits per heavy atom. The third kappa shape index (κ3) is 1.66. The van der Waals surface area contributed by atoms with Gasteiger partial charge in [-0.3, -0.25) is 4.79 Å². The zero-order valence-electron chi connectivity index (χ0n) is 10.4. The van der Waals surface area contributed by atoms with E-state index < -0.39 is 5.97 Å². The molecule has 0 saturated heterocycles. The number of carboxylic acid groups (broad SMARTS) is 1. The van der Waals surface area contributed by atoms with E-state index in [-0.39, 0.29) is 11.8 Å². The molecule has 4 rings (SSSR count). The number of rotatable bonds is 2. The lowest BCUT2D eigenvalue weighted by molar-refractivity contribution is -0.138. The predicted molar refractivity (Wildman–Crippen MR) is 76.4 cm³/mol. The first-order valence-electron chi connectivity index (χ1n) is 6.69. The van der Waals surface area contributed by atoms with Crippen LogP contribution in [0.4, 0.5) is 0 Å². The van der Waals surface area contributed by atoms with Gasteiger partial charge in [-0.25, -0.2) is 0 Å². The van der Waals surface area contributed by atoms with Gasteiger partial charge in [0.25, 0.3) is 0 Å². The minimum Gasteiger partial charge on any atom is -0.481 e. The summed E-state index contributed by atoms with van der Waals surface area (Å²) in [7, 11) is 0. The number of hydrogen-bond acceptors (Lipinski definition) is 1. The fourth-order valence-electron chi connectivity index (χ4n) is 3.37. The van der Waals surface area contributed by atoms with Gasteiger partial charge in [0.2, 0.25) is 0 Å². The molecule has 0 spiro atoms. The topological polar surface area (TPSA) is 42.2 Å². The van der Waals surface area contributed by atoms with Gasteiger partial charge < -0.3 is 9.67 Å². The van der Waals surface area contributed by atoms with E-state index in [4.69, 9.17) is 5.11 Å². The second-order valence-corrected chi connectivity index (χ2v) is 6.49. The van der Waals surface area contributed by atoms with Crippen molar-refractivity contribution in [3.8, 4) is 0 Å². The van der Waals surface area contributed by atoms with Crippen molar-refractivity contribution >= 4 is 32.8 Å². The molecule has 1 aliphatic carbocycles. The smallest absolute Gasteiger partial charge is 0.307 e. The van der Waals surface area contributed by atoms with Crippen LogP contribution in [0, 0.1) is 5.92 Å². The van der Waals surface area contributed by atoms with Crippen LogP contribution in [0.3, 0.4) is 0 Å². The standard InChI is InChI=1S/C15H14BrNO2/c16-13-7-17-3-1-2-8-4-9(5-12(13)14(8)17)10-6-11(10)15(18)19/h4-5,7,10-11H,1-3,6H2,(H,18,19). The van der Waals surface area contributed by atoms with Crippen molar-refractivity contribution in [3.05, 3.63) is 33.9 Å². The number of aliphatic carboxylic acids is 1. The van der Waals surface area contributed by atoms with Crippen molar-refractivity contribution < 1.29 is 9.90 Å². The molecule has 1 fully saturated rings. The van der Waals surface area contributed by atoms with Crippen LogP contribution in [-0.2, 0) is 17.8 Å². The minimum absolute atomic E-state index is 0.172. The Morgan fingerprint density at radius 1 is 1.42 bits per heavy atom. The summed E-state index contributed by atoms with van der Waals surface area (Å²) in [4.78, 5) is 11.0. The summed E-state index contributed by atoms with van der Waals surface area (Å²) < 4.78 is 3.43. The minimum atomic E-state index is -0.657. The first-order valence-corrected chi connectivity index (χ1v) is 7.48. The van der Waals surface area contributed by atoms with Gasteiger partial charge in [0.05, 0.1) is 11.4 Å². The van der Waals surface area contributed by atoms with Crippen LogP contribution in [0.1, 0.15) is 29.9 Å². The molecular weight excluding hydrogens is 306 g/mol. The monoisotopic (exact) mass is 319 g/mol. The van der Waals surface area contributed by atoms with Crippen LogP contribution in [0.15, 0.2) is 22.8 Å². The highest BCUT2D eigenvalue weighted by Gasteiger charge is 2.44. The van der Waals surface area contributed by atoms with Crippen LogP contribution < -0.4 is 0 Å². The molecule has 2 unspecified atom stereocenters. The number of aryl methyl sites for hydroxylation is 2. The SMILES string of the molecule is O=C(O)C1CC1c1cc2c3c(c1)c(Br)cn3CCC2. The number of halogens is 1. The van der Waals surface area contributed by atoms with Gasteiger partial charge in [-0.05, 0) is 58.3 Å². The molecule has 19 heavy (non-hydrogen) atoms. The number of benzene rings is 1. The van der Waals surface area contributed by atoms with Gasteiger partial charge >= 0.3 is 5.97 Å². The summed E-state index contributed by atoms with van der Waals surface area (Å²) in [6.07, 6.45) is 5.21. The first-order chi connectivity index (χ1) is 9.15. The molecule has 3 nitrogen and oxygen atoms in total. The van der Waals surface area contributed by atoms with E-state index in [1.54, 1.807) is 0 Å². The molecule has 1 aromatic heterocycles. The van der Waals surface area contributed by atoms with Gasteiger partial charge in [0.15, 0.2) is 0 Å². The van der Waals surface area contributed by atoms with Crippen molar-refractivity contribution in [2.45, 2.75) is 31.7 Å². The van der Waals surface area contributed by atoms with E-state index in [9.17, 15) is 4.79 Å². The Labute approximate surface area is 119 Å². The summed E-state index contributed by atoms with van der Waals surface area (Å²) >= 11 is 3.63. The van der Waals surface area contributed by atoms with Crippen molar-refractivity contribution in [3.63, 3.8) is 0 Å². The van der Waals surface area contributed by atoms with Crippen molar-refractivity contribution in [1.82, 2.24) is 4.57 Å². The first kappa shape index (κ1) is 11.5. The van der Waals surface area contributed by atoms with Crippen molar-refractivity contribution in [2.24, 2.45) is 5.92 Å². The number of carboxylic acids is 1. The highest BCUT2D eigenvalue weighted by molar-refractivity contribution is 9.10. The summed E-state index contributed by atoms with van der Waals surface area (Å²) in [5.74, 6) is -0.611. The third-order valence-electron chi connectivity index (χ3n) is 4.41. The average Bonchev–Trinajstić information content (AvgIpc) is 3.12. The summed E-state index contributed by atoms with van der Waals surface area (Å²) in [5.41, 5.74) is 3.91. The lowest BCUT2D eigenvalue weighted by atomic mass is 9.98. The second kappa shape index (κ2) is 3.85. The van der Waals surface area contributed by atoms with Crippen LogP contribution in [-0.4, -0.2) is 15.6 Å². The molecule has 1 aromatic carbocycles. The largest absolute Gasteiger partial charge is 0.481 e. The Morgan fingerprint density at radius 3 is 3.00 bits per heavy atom. The van der Waals surface area contributed by atoms with Crippen LogP contribution >= 0.6 is 15.9 Å². The summed E-state index contributed by atoms with van der Waals surface area (Å²) in [5, 5.41) is 10.3. The van der Waals surface area contributed by atoms with Crippen LogP contribution in [0.25, 0.3) is 10.9 Å². The molecule has 98 valence electrons. The van der Waals surface area contributed by atoms with E-state index in [1.165, 1.54) is 28.5 Å². The molecule has 0 bridgehead atoms. The van der Waals surface area contributed by atoms with Crippen LogP contribution in [0.2, 0.25) is 0 Å². The lowest BCUT2D eigenvalue weighted by Gasteiger charge is -2.16. The van der Waals surface area contributed by atoms with Gasteiger partial charge in [-0.15, -0.1) is 0 Å². The Hall–Kier alpha value is -1.29. The second-order valence-electron chi connectivity index (χ2n) is 5.64. The van der Waals surface area contributed by atoms with E-state index in [0.717, 1.165) is 23.9 Å². The number of carbonyl (C=O) groups is 1. The Kier molecular flexibility index (Phi) is 2.34. The molecule has 2 aromatic rings. The molecule has 2 heterocycles. The quantitative estimate of drug-likeness (QED) is 0.920. The van der Waals surface area contributed by atoms with E-state index in [1.807, 2.05) is 0 Å². The molecular formula is C15H14BrNO2. The summed E-state index contributed by atoms with van der Waals surface area (Å²) in [6.45, 7) is 1.08. The summed E-state index contributed by atoms with van der Waals surface area (Å²) in [6, 6.07) is 4.41. The predicted octanol–water partition coefficient (Wildman–Crippen LogP) is 3.54. The number of nitrogens with zero attached hydrogens (tertiary/aromatic N) is 1. The maximum absolute atomic E-state index is 11.0. The molecule has 0 radical (unpaired) electrons. The number of aromatic nitrogens is 1. The molecule has 2 atom stereocenters. The zero-order valence-corrected chi connectivity index (χ0v) is 12.0. The average molecular weight is 320 g/mol. The molecule has 1 saturated carbocycles. The highest BCUT2D eigenvalue weighted by atomic mass is 79.9. The zero-order chi connectivity index (χ0) is 13.1. The lowest BCUT2D eigenvalue weighted by Crippen LogP contribution is -2.07. The number of hydrogen-bond donors (Lipinski definition) is 1. The molecule has 1 N–H and O–H groups in total. The third-order valence-corrected chi connectivity index (χ3v) is 5.04. The fraction of sp³-hybridized carbons (Fsp3) is 0.400. The Balaban J connectivity index is 1.87. The van der Waals surface area contributed by atoms with E-state index in [2.05, 4.69) is 38.8 Å². The fourth-order valence-corrected chi connectivity index (χ4v) is 3.92. The van der Waals surface area contributed by atoms with Crippen LogP contribution in [0.5, 0.6) is 0 Å².